The molecule has 1 aliphatic carbocycles. The van der Waals surface area contributed by atoms with Crippen molar-refractivity contribution in [2.24, 2.45) is 0 Å². The molecule has 1 aliphatic heterocycles. The lowest BCUT2D eigenvalue weighted by atomic mass is 9.86. The SMILES string of the molecule is CN1CCc2nc(C(=O)N[C@@H]3CCC(NC(=O)OC(C)(C)C)C[C@@H]3NC(=O)c3cc4cc(Cl)ccc4[nH]3)sc2C1. The molecular formula is C28H35ClN6O4S. The monoisotopic (exact) mass is 586 g/mol. The van der Waals surface area contributed by atoms with E-state index >= 15 is 0 Å². The van der Waals surface area contributed by atoms with Gasteiger partial charge in [-0.25, -0.2) is 9.78 Å². The van der Waals surface area contributed by atoms with Crippen LogP contribution in [-0.2, 0) is 17.7 Å². The molecule has 3 aromatic rings. The quantitative estimate of drug-likeness (QED) is 0.354. The Hall–Kier alpha value is -3.15. The van der Waals surface area contributed by atoms with Crippen molar-refractivity contribution < 1.29 is 19.1 Å². The van der Waals surface area contributed by atoms with E-state index in [1.807, 2.05) is 26.8 Å². The predicted octanol–water partition coefficient (Wildman–Crippen LogP) is 4.24. The molecule has 0 saturated heterocycles. The van der Waals surface area contributed by atoms with E-state index in [9.17, 15) is 14.4 Å². The number of ether oxygens (including phenoxy) is 1. The zero-order valence-corrected chi connectivity index (χ0v) is 24.7. The number of nitrogens with zero attached hydrogens (tertiary/aromatic N) is 2. The van der Waals surface area contributed by atoms with Gasteiger partial charge in [-0.2, -0.15) is 0 Å². The van der Waals surface area contributed by atoms with Crippen LogP contribution in [0.2, 0.25) is 5.02 Å². The molecule has 1 aromatic carbocycles. The molecule has 2 aromatic heterocycles. The Morgan fingerprint density at radius 1 is 1.10 bits per heavy atom. The second kappa shape index (κ2) is 11.4. The first-order valence-corrected chi connectivity index (χ1v) is 14.7. The highest BCUT2D eigenvalue weighted by Crippen LogP contribution is 2.26. The van der Waals surface area contributed by atoms with Gasteiger partial charge in [0.15, 0.2) is 5.01 Å². The van der Waals surface area contributed by atoms with Crippen LogP contribution in [0.25, 0.3) is 10.9 Å². The molecule has 0 spiro atoms. The molecule has 4 N–H and O–H groups in total. The van der Waals surface area contributed by atoms with Gasteiger partial charge in [0.1, 0.15) is 11.3 Å². The smallest absolute Gasteiger partial charge is 0.407 e. The molecule has 1 unspecified atom stereocenters. The lowest BCUT2D eigenvalue weighted by Gasteiger charge is -2.37. The van der Waals surface area contributed by atoms with Crippen molar-refractivity contribution in [3.63, 3.8) is 0 Å². The Bertz CT molecular complexity index is 1430. The fourth-order valence-corrected chi connectivity index (χ4v) is 6.50. The Morgan fingerprint density at radius 3 is 2.65 bits per heavy atom. The maximum Gasteiger partial charge on any atom is 0.407 e. The van der Waals surface area contributed by atoms with Gasteiger partial charge in [0, 0.05) is 52.4 Å². The average Bonchev–Trinajstić information content (AvgIpc) is 3.48. The number of alkyl carbamates (subject to hydrolysis) is 1. The summed E-state index contributed by atoms with van der Waals surface area (Å²) >= 11 is 7.54. The summed E-state index contributed by atoms with van der Waals surface area (Å²) in [6.07, 6.45) is 1.94. The molecule has 3 heterocycles. The number of carbonyl (C=O) groups is 3. The summed E-state index contributed by atoms with van der Waals surface area (Å²) in [6, 6.07) is 6.13. The molecule has 12 heteroatoms. The number of amides is 3. The summed E-state index contributed by atoms with van der Waals surface area (Å²) in [5.41, 5.74) is 1.55. The largest absolute Gasteiger partial charge is 0.444 e. The third kappa shape index (κ3) is 6.76. The second-order valence-corrected chi connectivity index (χ2v) is 13.1. The minimum Gasteiger partial charge on any atom is -0.444 e. The van der Waals surface area contributed by atoms with Gasteiger partial charge in [-0.05, 0) is 71.3 Å². The number of aromatic amines is 1. The number of carbonyl (C=O) groups excluding carboxylic acids is 3. The molecule has 3 amide bonds. The van der Waals surface area contributed by atoms with Crippen molar-refractivity contribution in [3.8, 4) is 0 Å². The first kappa shape index (κ1) is 28.4. The molecule has 1 fully saturated rings. The minimum absolute atomic E-state index is 0.225. The number of halogens is 1. The van der Waals surface area contributed by atoms with Crippen molar-refractivity contribution in [3.05, 3.63) is 50.6 Å². The molecule has 1 saturated carbocycles. The van der Waals surface area contributed by atoms with E-state index in [2.05, 4.69) is 37.9 Å². The number of hydrogen-bond donors (Lipinski definition) is 4. The summed E-state index contributed by atoms with van der Waals surface area (Å²) in [5.74, 6) is -0.549. The topological polar surface area (TPSA) is 128 Å². The highest BCUT2D eigenvalue weighted by atomic mass is 35.5. The molecule has 2 aliphatic rings. The van der Waals surface area contributed by atoms with Crippen molar-refractivity contribution in [1.29, 1.82) is 0 Å². The molecule has 0 radical (unpaired) electrons. The lowest BCUT2D eigenvalue weighted by molar-refractivity contribution is 0.0480. The Balaban J connectivity index is 1.31. The highest BCUT2D eigenvalue weighted by Gasteiger charge is 2.35. The standard InChI is InChI=1S/C28H35ClN6O4S/c1-28(2,3)39-27(38)30-17-6-8-19(32-25(37)26-34-20-9-10-35(4)14-23(20)40-26)21(13-17)33-24(36)22-12-15-11-16(29)5-7-18(15)31-22/h5,7,11-12,17,19,21,31H,6,8-10,13-14H2,1-4H3,(H,30,38)(H,32,37)(H,33,36)/t17?,19-,21+/m1/s1. The van der Waals surface area contributed by atoms with Gasteiger partial charge < -0.3 is 30.6 Å². The molecule has 40 heavy (non-hydrogen) atoms. The number of fused-ring (bicyclic) bond motifs is 2. The van der Waals surface area contributed by atoms with Crippen LogP contribution in [0.5, 0.6) is 0 Å². The molecule has 214 valence electrons. The number of rotatable bonds is 5. The van der Waals surface area contributed by atoms with Crippen molar-refractivity contribution in [2.45, 2.75) is 76.7 Å². The van der Waals surface area contributed by atoms with Crippen molar-refractivity contribution in [1.82, 2.24) is 30.8 Å². The van der Waals surface area contributed by atoms with Crippen LogP contribution in [0, 0.1) is 0 Å². The van der Waals surface area contributed by atoms with Gasteiger partial charge in [0.2, 0.25) is 0 Å². The van der Waals surface area contributed by atoms with E-state index in [-0.39, 0.29) is 23.9 Å². The zero-order chi connectivity index (χ0) is 28.6. The first-order chi connectivity index (χ1) is 18.9. The number of aromatic nitrogens is 2. The fourth-order valence-electron chi connectivity index (χ4n) is 5.23. The fraction of sp³-hybridized carbons (Fsp3) is 0.500. The van der Waals surface area contributed by atoms with Gasteiger partial charge in [0.05, 0.1) is 11.7 Å². The number of benzene rings is 1. The minimum atomic E-state index is -0.622. The third-order valence-corrected chi connectivity index (χ3v) is 8.46. The Kier molecular flexibility index (Phi) is 8.08. The summed E-state index contributed by atoms with van der Waals surface area (Å²) in [4.78, 5) is 50.1. The van der Waals surface area contributed by atoms with Gasteiger partial charge >= 0.3 is 6.09 Å². The molecule has 3 atom stereocenters. The van der Waals surface area contributed by atoms with Crippen LogP contribution in [0.3, 0.4) is 0 Å². The maximum atomic E-state index is 13.3. The van der Waals surface area contributed by atoms with Crippen molar-refractivity contribution in [2.75, 3.05) is 13.6 Å². The molecule has 5 rings (SSSR count). The lowest BCUT2D eigenvalue weighted by Crippen LogP contribution is -2.58. The van der Waals surface area contributed by atoms with E-state index in [4.69, 9.17) is 16.3 Å². The van der Waals surface area contributed by atoms with Gasteiger partial charge in [-0.15, -0.1) is 11.3 Å². The summed E-state index contributed by atoms with van der Waals surface area (Å²) in [5, 5.41) is 11.0. The number of hydrogen-bond acceptors (Lipinski definition) is 7. The third-order valence-electron chi connectivity index (χ3n) is 7.15. The van der Waals surface area contributed by atoms with Crippen LogP contribution < -0.4 is 16.0 Å². The van der Waals surface area contributed by atoms with E-state index in [0.29, 0.717) is 35.0 Å². The van der Waals surface area contributed by atoms with Gasteiger partial charge in [-0.1, -0.05) is 11.6 Å². The van der Waals surface area contributed by atoms with E-state index in [0.717, 1.165) is 41.0 Å². The van der Waals surface area contributed by atoms with Crippen LogP contribution in [0.1, 0.15) is 70.9 Å². The summed E-state index contributed by atoms with van der Waals surface area (Å²) in [6.45, 7) is 7.13. The first-order valence-electron chi connectivity index (χ1n) is 13.5. The van der Waals surface area contributed by atoms with Crippen molar-refractivity contribution >= 4 is 51.7 Å². The Labute approximate surface area is 242 Å². The summed E-state index contributed by atoms with van der Waals surface area (Å²) in [7, 11) is 2.06. The molecular weight excluding hydrogens is 552 g/mol. The zero-order valence-electron chi connectivity index (χ0n) is 23.1. The maximum absolute atomic E-state index is 13.3. The number of nitrogens with one attached hydrogen (secondary N) is 4. The van der Waals surface area contributed by atoms with Crippen LogP contribution >= 0.6 is 22.9 Å². The number of H-pyrrole nitrogens is 1. The average molecular weight is 587 g/mol. The van der Waals surface area contributed by atoms with Crippen LogP contribution in [0.4, 0.5) is 4.79 Å². The van der Waals surface area contributed by atoms with E-state index in [1.54, 1.807) is 18.2 Å². The number of likely N-dealkylation sites (N-methyl/N-ethyl adjacent to an activating group) is 1. The summed E-state index contributed by atoms with van der Waals surface area (Å²) < 4.78 is 5.43. The Morgan fingerprint density at radius 2 is 1.88 bits per heavy atom. The van der Waals surface area contributed by atoms with Crippen LogP contribution in [0.15, 0.2) is 24.3 Å². The number of thiazole rings is 1. The highest BCUT2D eigenvalue weighted by molar-refractivity contribution is 7.13. The predicted molar refractivity (Wildman–Crippen MR) is 155 cm³/mol. The van der Waals surface area contributed by atoms with Crippen LogP contribution in [-0.4, -0.2) is 70.1 Å². The van der Waals surface area contributed by atoms with Gasteiger partial charge in [0.25, 0.3) is 11.8 Å². The molecule has 0 bridgehead atoms. The second-order valence-electron chi connectivity index (χ2n) is 11.6. The van der Waals surface area contributed by atoms with E-state index in [1.165, 1.54) is 11.3 Å². The molecule has 10 nitrogen and oxygen atoms in total. The normalized spacial score (nSPS) is 21.5. The van der Waals surface area contributed by atoms with Gasteiger partial charge in [-0.3, -0.25) is 9.59 Å². The van der Waals surface area contributed by atoms with E-state index < -0.39 is 17.7 Å².